The number of aromatic nitrogens is 2. The molecule has 10 rings (SSSR count). The predicted octanol–water partition coefficient (Wildman–Crippen LogP) is 5.86. The first-order valence-electron chi connectivity index (χ1n) is 31.3. The normalized spacial score (nSPS) is 31.5. The molecule has 88 heavy (non-hydrogen) atoms. The van der Waals surface area contributed by atoms with Gasteiger partial charge in [-0.15, -0.1) is 0 Å². The topological polar surface area (TPSA) is 300 Å². The van der Waals surface area contributed by atoms with Crippen molar-refractivity contribution in [3.8, 4) is 0 Å². The maximum absolute atomic E-state index is 13.9. The summed E-state index contributed by atoms with van der Waals surface area (Å²) in [6.45, 7) is 14.8. The minimum Gasteiger partial charge on any atom is -0.451 e. The van der Waals surface area contributed by atoms with Crippen LogP contribution in [0.4, 0.5) is 0 Å². The van der Waals surface area contributed by atoms with Crippen molar-refractivity contribution in [2.45, 2.75) is 193 Å². The molecule has 2 aliphatic carbocycles. The van der Waals surface area contributed by atoms with Crippen LogP contribution in [0.2, 0.25) is 0 Å². The molecule has 22 nitrogen and oxygen atoms in total. The van der Waals surface area contributed by atoms with Crippen molar-refractivity contribution in [3.05, 3.63) is 95.3 Å². The number of hydrogen-bond acceptors (Lipinski definition) is 16. The summed E-state index contributed by atoms with van der Waals surface area (Å²) in [4.78, 5) is 117. The number of benzene rings is 2. The van der Waals surface area contributed by atoms with Crippen LogP contribution >= 0.6 is 0 Å². The molecule has 2 saturated carbocycles. The molecule has 0 radical (unpaired) electrons. The molecule has 4 unspecified atom stereocenters. The van der Waals surface area contributed by atoms with E-state index >= 15 is 0 Å². The van der Waals surface area contributed by atoms with Crippen molar-refractivity contribution >= 4 is 81.3 Å². The smallest absolute Gasteiger partial charge is 0.316 e. The summed E-state index contributed by atoms with van der Waals surface area (Å²) in [7, 11) is 0. The second kappa shape index (κ2) is 27.8. The lowest BCUT2D eigenvalue weighted by atomic mass is 9.72. The summed E-state index contributed by atoms with van der Waals surface area (Å²) in [5.41, 5.74) is 8.55. The average Bonchev–Trinajstić information content (AvgIpc) is 1.70. The van der Waals surface area contributed by atoms with Gasteiger partial charge in [0.05, 0.1) is 57.5 Å². The van der Waals surface area contributed by atoms with Crippen molar-refractivity contribution in [1.29, 1.82) is 0 Å². The van der Waals surface area contributed by atoms with Gasteiger partial charge in [-0.05, 0) is 152 Å². The van der Waals surface area contributed by atoms with Gasteiger partial charge in [-0.25, -0.2) is 10.9 Å². The SMILES string of the molecule is CC(C)[C@@H]1OC(=O)C2(/C=C/c3ccc4ccc(nc4c3)[C@@H](C)NC(=O)[C@@H]3CCCN(N3)C(=O)[C@H](C)NC1=O)CCC(O)CC2.CC1NC(=O)C(C(C)C)OC(=O)C2(/C=C/c3ccc4ccc(nc4c3)C(C)NC(=O)C3CCCN(N3)C1=O)CCC(O)CC2. The van der Waals surface area contributed by atoms with E-state index in [1.807, 2.05) is 98.8 Å². The average molecular weight is 1210 g/mol. The van der Waals surface area contributed by atoms with Crippen LogP contribution in [-0.4, -0.2) is 139 Å². The molecule has 472 valence electrons. The van der Waals surface area contributed by atoms with E-state index in [0.717, 1.165) is 32.9 Å². The van der Waals surface area contributed by atoms with E-state index in [9.17, 15) is 48.6 Å². The van der Waals surface area contributed by atoms with E-state index in [4.69, 9.17) is 19.4 Å². The summed E-state index contributed by atoms with van der Waals surface area (Å²) in [5, 5.41) is 36.6. The number of nitrogens with zero attached hydrogens (tertiary/aromatic N) is 4. The van der Waals surface area contributed by atoms with Gasteiger partial charge in [0, 0.05) is 23.9 Å². The lowest BCUT2D eigenvalue weighted by Crippen LogP contribution is -2.61. The molecular formula is C66H86N10O12. The van der Waals surface area contributed by atoms with Crippen molar-refractivity contribution in [2.24, 2.45) is 22.7 Å². The standard InChI is InChI=1S/2C33H43N5O6/c2*1-19(2)28-30(41)35-21(4)31(42)38-17-5-6-26(37-38)29(40)34-20(3)25-10-9-23-8-7-22(18-27(23)36-25)11-14-33(32(43)44-28)15-12-24(39)13-16-33/h2*7-11,14,18-21,24,26,28,37,39H,5-6,12-13,15-17H2,1-4H3,(H,34,40)(H,35,41)/b2*14-11+/t20-,21+,24?,26+,28+,33?;/m1./s1. The Morgan fingerprint density at radius 2 is 0.841 bits per heavy atom. The lowest BCUT2D eigenvalue weighted by molar-refractivity contribution is -0.169. The third kappa shape index (κ3) is 15.1. The summed E-state index contributed by atoms with van der Waals surface area (Å²) < 4.78 is 11.9. The number of pyridine rings is 2. The second-order valence-electron chi connectivity index (χ2n) is 25.5. The highest BCUT2D eigenvalue weighted by atomic mass is 16.6. The highest BCUT2D eigenvalue weighted by Crippen LogP contribution is 2.42. The number of carbonyl (C=O) groups excluding carboxylic acids is 8. The number of amides is 6. The number of aliphatic hydroxyl groups excluding tert-OH is 2. The Kier molecular flexibility index (Phi) is 20.5. The maximum Gasteiger partial charge on any atom is 0.316 e. The van der Waals surface area contributed by atoms with Crippen molar-refractivity contribution in [2.75, 3.05) is 13.1 Å². The van der Waals surface area contributed by atoms with Crippen LogP contribution in [-0.2, 0) is 47.8 Å². The monoisotopic (exact) mass is 1210 g/mol. The fraction of sp³-hybridized carbons (Fsp3) is 0.545. The van der Waals surface area contributed by atoms with Crippen LogP contribution < -0.4 is 32.1 Å². The highest BCUT2D eigenvalue weighted by Gasteiger charge is 2.46. The van der Waals surface area contributed by atoms with Gasteiger partial charge in [0.2, 0.25) is 11.8 Å². The number of fused-ring (bicyclic) bond motifs is 8. The minimum absolute atomic E-state index is 0.245. The zero-order valence-electron chi connectivity index (χ0n) is 51.7. The van der Waals surface area contributed by atoms with Crippen LogP contribution in [0.1, 0.15) is 167 Å². The molecule has 22 heteroatoms. The van der Waals surface area contributed by atoms with E-state index in [1.54, 1.807) is 41.5 Å². The number of esters is 2. The molecule has 6 heterocycles. The van der Waals surface area contributed by atoms with E-state index in [1.165, 1.54) is 10.0 Å². The van der Waals surface area contributed by atoms with Gasteiger partial charge < -0.3 is 41.0 Å². The molecule has 10 bridgehead atoms. The van der Waals surface area contributed by atoms with Gasteiger partial charge in [0.1, 0.15) is 24.2 Å². The van der Waals surface area contributed by atoms with Crippen molar-refractivity contribution in [1.82, 2.24) is 52.1 Å². The van der Waals surface area contributed by atoms with Gasteiger partial charge in [-0.3, -0.25) is 58.3 Å². The Morgan fingerprint density at radius 3 is 1.20 bits per heavy atom. The largest absolute Gasteiger partial charge is 0.451 e. The number of rotatable bonds is 2. The summed E-state index contributed by atoms with van der Waals surface area (Å²) in [5.74, 6) is -4.18. The zero-order chi connectivity index (χ0) is 63.2. The predicted molar refractivity (Wildman–Crippen MR) is 329 cm³/mol. The van der Waals surface area contributed by atoms with Gasteiger partial charge in [0.15, 0.2) is 12.2 Å². The summed E-state index contributed by atoms with van der Waals surface area (Å²) in [6.07, 6.45) is 9.68. The first-order chi connectivity index (χ1) is 41.9. The lowest BCUT2D eigenvalue weighted by Gasteiger charge is -2.36. The van der Waals surface area contributed by atoms with E-state index in [-0.39, 0.29) is 35.7 Å². The first-order valence-corrected chi connectivity index (χ1v) is 31.3. The fourth-order valence-corrected chi connectivity index (χ4v) is 12.3. The number of ether oxygens (including phenoxy) is 2. The second-order valence-corrected chi connectivity index (χ2v) is 25.5. The highest BCUT2D eigenvalue weighted by molar-refractivity contribution is 5.94. The molecule has 8 atom stereocenters. The summed E-state index contributed by atoms with van der Waals surface area (Å²) in [6, 6.07) is 15.5. The minimum atomic E-state index is -1.12. The number of hydrogen-bond donors (Lipinski definition) is 8. The van der Waals surface area contributed by atoms with Gasteiger partial charge in [-0.2, -0.15) is 0 Å². The molecule has 6 aliphatic rings. The van der Waals surface area contributed by atoms with Crippen LogP contribution in [0.5, 0.6) is 0 Å². The maximum atomic E-state index is 13.9. The van der Waals surface area contributed by atoms with Gasteiger partial charge in [-0.1, -0.05) is 88.4 Å². The van der Waals surface area contributed by atoms with Crippen molar-refractivity contribution in [3.63, 3.8) is 0 Å². The fourth-order valence-electron chi connectivity index (χ4n) is 12.3. The molecule has 4 aromatic rings. The third-order valence-corrected chi connectivity index (χ3v) is 18.0. The Hall–Kier alpha value is -7.66. The number of cyclic esters (lactones) is 2. The number of carbonyl (C=O) groups is 8. The Bertz CT molecular complexity index is 3120. The van der Waals surface area contributed by atoms with Crippen molar-refractivity contribution < 1.29 is 58.0 Å². The first kappa shape index (κ1) is 64.8. The van der Waals surface area contributed by atoms with E-state index in [0.29, 0.717) is 102 Å². The van der Waals surface area contributed by atoms with Crippen LogP contribution in [0.3, 0.4) is 0 Å². The molecule has 4 aliphatic heterocycles. The van der Waals surface area contributed by atoms with Crippen LogP contribution in [0.25, 0.3) is 34.0 Å². The van der Waals surface area contributed by atoms with Crippen LogP contribution in [0, 0.1) is 22.7 Å². The van der Waals surface area contributed by atoms with Crippen LogP contribution in [0.15, 0.2) is 72.8 Å². The van der Waals surface area contributed by atoms with E-state index < -0.39 is 95.0 Å². The zero-order valence-corrected chi connectivity index (χ0v) is 51.7. The molecule has 2 saturated heterocycles. The molecule has 2 aromatic carbocycles. The number of nitrogens with one attached hydrogen (secondary N) is 6. The van der Waals surface area contributed by atoms with Gasteiger partial charge >= 0.3 is 11.9 Å². The molecule has 6 amide bonds. The molecule has 2 aromatic heterocycles. The Labute approximate surface area is 513 Å². The Morgan fingerprint density at radius 1 is 0.489 bits per heavy atom. The van der Waals surface area contributed by atoms with E-state index in [2.05, 4.69) is 32.1 Å². The molecule has 8 N–H and O–H groups in total. The number of hydrazine groups is 2. The molecule has 2 spiro atoms. The third-order valence-electron chi connectivity index (χ3n) is 18.0. The quantitative estimate of drug-likeness (QED) is 0.109. The summed E-state index contributed by atoms with van der Waals surface area (Å²) >= 11 is 0. The van der Waals surface area contributed by atoms with Gasteiger partial charge in [0.25, 0.3) is 23.6 Å². The molecule has 4 fully saturated rings. The Balaban J connectivity index is 0.000000209. The number of aliphatic hydroxyl groups is 2. The molecular weight excluding hydrogens is 1120 g/mol.